The summed E-state index contributed by atoms with van der Waals surface area (Å²) in [7, 11) is 0. The van der Waals surface area contributed by atoms with E-state index in [2.05, 4.69) is 15.2 Å². The van der Waals surface area contributed by atoms with E-state index >= 15 is 0 Å². The van der Waals surface area contributed by atoms with Crippen LogP contribution < -0.4 is 0 Å². The summed E-state index contributed by atoms with van der Waals surface area (Å²) in [5, 5.41) is 16.6. The predicted octanol–water partition coefficient (Wildman–Crippen LogP) is 2.21. The third-order valence-corrected chi connectivity index (χ3v) is 5.81. The quantitative estimate of drug-likeness (QED) is 0.913. The molecule has 1 N–H and O–H groups in total. The van der Waals surface area contributed by atoms with Crippen LogP contribution in [0.3, 0.4) is 0 Å². The lowest BCUT2D eigenvalue weighted by Gasteiger charge is -2.16. The summed E-state index contributed by atoms with van der Waals surface area (Å²) in [6.45, 7) is 1.40. The summed E-state index contributed by atoms with van der Waals surface area (Å²) in [5.74, 6) is 3.72. The van der Waals surface area contributed by atoms with Crippen LogP contribution in [0.15, 0.2) is 18.3 Å². The van der Waals surface area contributed by atoms with Crippen LogP contribution >= 0.6 is 0 Å². The second-order valence-electron chi connectivity index (χ2n) is 7.71. The van der Waals surface area contributed by atoms with Crippen molar-refractivity contribution in [1.82, 2.24) is 25.1 Å². The smallest absolute Gasteiger partial charge is 0.254 e. The molecule has 2 aromatic rings. The van der Waals surface area contributed by atoms with Gasteiger partial charge in [-0.1, -0.05) is 0 Å². The molecule has 26 heavy (non-hydrogen) atoms. The van der Waals surface area contributed by atoms with Crippen molar-refractivity contribution in [3.63, 3.8) is 0 Å². The molecular formula is C19H20N6O. The minimum absolute atomic E-state index is 0.0287. The van der Waals surface area contributed by atoms with Gasteiger partial charge in [-0.2, -0.15) is 10.4 Å². The summed E-state index contributed by atoms with van der Waals surface area (Å²) in [6.07, 6.45) is 6.36. The molecule has 0 spiro atoms. The Morgan fingerprint density at radius 1 is 1.27 bits per heavy atom. The molecule has 3 heterocycles. The Hall–Kier alpha value is -2.75. The Labute approximate surface area is 151 Å². The Morgan fingerprint density at radius 2 is 2.12 bits per heavy atom. The fraction of sp³-hybridized carbons (Fsp3) is 0.526. The lowest BCUT2D eigenvalue weighted by molar-refractivity contribution is 0.0784. The fourth-order valence-electron chi connectivity index (χ4n) is 4.07. The average molecular weight is 348 g/mol. The first-order valence-corrected chi connectivity index (χ1v) is 9.30. The van der Waals surface area contributed by atoms with Gasteiger partial charge in [0, 0.05) is 36.7 Å². The predicted molar refractivity (Wildman–Crippen MR) is 92.2 cm³/mol. The monoisotopic (exact) mass is 348 g/mol. The molecule has 3 fully saturated rings. The van der Waals surface area contributed by atoms with Gasteiger partial charge in [-0.25, -0.2) is 9.97 Å². The number of amides is 1. The number of carbonyl (C=O) groups is 1. The normalized spacial score (nSPS) is 25.3. The Kier molecular flexibility index (Phi) is 3.52. The number of carbonyl (C=O) groups excluding carboxylic acids is 1. The maximum absolute atomic E-state index is 12.9. The number of pyridine rings is 1. The lowest BCUT2D eigenvalue weighted by Crippen LogP contribution is -2.29. The van der Waals surface area contributed by atoms with Gasteiger partial charge in [0.25, 0.3) is 5.91 Å². The molecule has 0 bridgehead atoms. The third-order valence-electron chi connectivity index (χ3n) is 5.81. The van der Waals surface area contributed by atoms with Crippen LogP contribution in [0.4, 0.5) is 0 Å². The van der Waals surface area contributed by atoms with E-state index < -0.39 is 0 Å². The highest BCUT2D eigenvalue weighted by Gasteiger charge is 2.46. The maximum atomic E-state index is 12.9. The molecule has 7 heteroatoms. The number of aromatic amines is 1. The first-order chi connectivity index (χ1) is 12.7. The van der Waals surface area contributed by atoms with Crippen molar-refractivity contribution in [2.24, 2.45) is 11.8 Å². The summed E-state index contributed by atoms with van der Waals surface area (Å²) in [5.41, 5.74) is 0.803. The number of likely N-dealkylation sites (tertiary alicyclic amines) is 1. The molecule has 0 radical (unpaired) electrons. The van der Waals surface area contributed by atoms with E-state index in [0.717, 1.165) is 18.2 Å². The molecule has 2 aromatic heterocycles. The highest BCUT2D eigenvalue weighted by atomic mass is 16.2. The van der Waals surface area contributed by atoms with Gasteiger partial charge in [0.05, 0.1) is 0 Å². The van der Waals surface area contributed by atoms with Gasteiger partial charge < -0.3 is 4.90 Å². The third kappa shape index (κ3) is 2.75. The molecule has 2 atom stereocenters. The molecule has 2 aliphatic carbocycles. The van der Waals surface area contributed by atoms with Gasteiger partial charge in [-0.15, -0.1) is 0 Å². The molecule has 0 unspecified atom stereocenters. The van der Waals surface area contributed by atoms with Gasteiger partial charge in [0.2, 0.25) is 0 Å². The number of rotatable bonds is 4. The summed E-state index contributed by atoms with van der Waals surface area (Å²) in [4.78, 5) is 23.6. The SMILES string of the molecule is N#Cc1cc(C(=O)N2C[C@H](c3nc(C4CC4)n[nH]3)[C@@H](C3CC3)C2)ccn1. The number of nitriles is 1. The molecule has 3 aliphatic rings. The number of nitrogens with one attached hydrogen (secondary N) is 1. The van der Waals surface area contributed by atoms with Crippen LogP contribution in [-0.2, 0) is 0 Å². The van der Waals surface area contributed by atoms with Crippen LogP contribution in [0.25, 0.3) is 0 Å². The highest BCUT2D eigenvalue weighted by Crippen LogP contribution is 2.47. The Morgan fingerprint density at radius 3 is 2.85 bits per heavy atom. The van der Waals surface area contributed by atoms with E-state index in [-0.39, 0.29) is 17.5 Å². The van der Waals surface area contributed by atoms with Gasteiger partial charge >= 0.3 is 0 Å². The van der Waals surface area contributed by atoms with Crippen molar-refractivity contribution in [2.45, 2.75) is 37.5 Å². The molecule has 2 saturated carbocycles. The second-order valence-corrected chi connectivity index (χ2v) is 7.71. The zero-order valence-corrected chi connectivity index (χ0v) is 14.4. The molecule has 0 aromatic carbocycles. The van der Waals surface area contributed by atoms with Crippen LogP contribution in [0.2, 0.25) is 0 Å². The molecule has 7 nitrogen and oxygen atoms in total. The second kappa shape index (κ2) is 5.90. The van der Waals surface area contributed by atoms with Crippen LogP contribution in [-0.4, -0.2) is 44.1 Å². The minimum atomic E-state index is -0.0287. The number of aromatic nitrogens is 4. The molecule has 1 amide bonds. The summed E-state index contributed by atoms with van der Waals surface area (Å²) in [6, 6.07) is 5.25. The van der Waals surface area contributed by atoms with Crippen LogP contribution in [0, 0.1) is 23.2 Å². The van der Waals surface area contributed by atoms with Gasteiger partial charge in [-0.05, 0) is 49.7 Å². The molecule has 1 aliphatic heterocycles. The van der Waals surface area contributed by atoms with Crippen LogP contribution in [0.5, 0.6) is 0 Å². The summed E-state index contributed by atoms with van der Waals surface area (Å²) >= 11 is 0. The van der Waals surface area contributed by atoms with E-state index in [9.17, 15) is 4.79 Å². The lowest BCUT2D eigenvalue weighted by atomic mass is 9.91. The number of hydrogen-bond acceptors (Lipinski definition) is 5. The summed E-state index contributed by atoms with van der Waals surface area (Å²) < 4.78 is 0. The largest absolute Gasteiger partial charge is 0.338 e. The maximum Gasteiger partial charge on any atom is 0.254 e. The van der Waals surface area contributed by atoms with E-state index in [4.69, 9.17) is 10.2 Å². The first-order valence-electron chi connectivity index (χ1n) is 9.30. The van der Waals surface area contributed by atoms with Gasteiger partial charge in [0.15, 0.2) is 5.82 Å². The van der Waals surface area contributed by atoms with Crippen molar-refractivity contribution in [2.75, 3.05) is 13.1 Å². The van der Waals surface area contributed by atoms with E-state index in [1.165, 1.54) is 31.9 Å². The minimum Gasteiger partial charge on any atom is -0.338 e. The average Bonchev–Trinajstić information content (AvgIpc) is 3.61. The Bertz CT molecular complexity index is 891. The Balaban J connectivity index is 1.38. The van der Waals surface area contributed by atoms with Crippen molar-refractivity contribution >= 4 is 5.91 Å². The standard InChI is InChI=1S/C19H20N6O/c20-8-14-7-13(5-6-21-14)19(26)25-9-15(11-1-2-11)16(10-25)18-22-17(23-24-18)12-3-4-12/h5-7,11-12,15-16H,1-4,9-10H2,(H,22,23,24)/t15-,16+/m1/s1. The first kappa shape index (κ1) is 15.5. The molecular weight excluding hydrogens is 328 g/mol. The topological polar surface area (TPSA) is 98.6 Å². The molecule has 1 saturated heterocycles. The van der Waals surface area contributed by atoms with E-state index in [1.54, 1.807) is 12.1 Å². The van der Waals surface area contributed by atoms with Gasteiger partial charge in [0.1, 0.15) is 17.6 Å². The molecule has 132 valence electrons. The van der Waals surface area contributed by atoms with Crippen molar-refractivity contribution in [1.29, 1.82) is 5.26 Å². The zero-order valence-electron chi connectivity index (χ0n) is 14.4. The number of nitrogens with zero attached hydrogens (tertiary/aromatic N) is 5. The van der Waals surface area contributed by atoms with Crippen molar-refractivity contribution < 1.29 is 4.79 Å². The molecule has 5 rings (SSSR count). The van der Waals surface area contributed by atoms with Gasteiger partial charge in [-0.3, -0.25) is 9.89 Å². The fourth-order valence-corrected chi connectivity index (χ4v) is 4.07. The van der Waals surface area contributed by atoms with Crippen molar-refractivity contribution in [3.8, 4) is 6.07 Å². The van der Waals surface area contributed by atoms with E-state index in [0.29, 0.717) is 29.9 Å². The zero-order chi connectivity index (χ0) is 17.7. The van der Waals surface area contributed by atoms with E-state index in [1.807, 2.05) is 11.0 Å². The number of H-pyrrole nitrogens is 1. The highest BCUT2D eigenvalue weighted by molar-refractivity contribution is 5.94. The van der Waals surface area contributed by atoms with Crippen molar-refractivity contribution in [3.05, 3.63) is 41.2 Å². The van der Waals surface area contributed by atoms with Crippen LogP contribution in [0.1, 0.15) is 65.2 Å². The number of hydrogen-bond donors (Lipinski definition) is 1.